The fourth-order valence-corrected chi connectivity index (χ4v) is 2.31. The molecule has 1 aromatic rings. The Kier molecular flexibility index (Phi) is 3.71. The Morgan fingerprint density at radius 2 is 2.06 bits per heavy atom. The van der Waals surface area contributed by atoms with Gasteiger partial charge in [0.15, 0.2) is 0 Å². The molecule has 1 aliphatic rings. The minimum Gasteiger partial charge on any atom is -0.390 e. The lowest BCUT2D eigenvalue weighted by Crippen LogP contribution is -2.41. The van der Waals surface area contributed by atoms with Gasteiger partial charge in [0.05, 0.1) is 5.60 Å². The van der Waals surface area contributed by atoms with Gasteiger partial charge in [-0.3, -0.25) is 4.90 Å². The summed E-state index contributed by atoms with van der Waals surface area (Å²) in [5.41, 5.74) is 0.401. The van der Waals surface area contributed by atoms with Crippen molar-refractivity contribution in [3.05, 3.63) is 34.6 Å². The Labute approximate surface area is 106 Å². The van der Waals surface area contributed by atoms with Crippen molar-refractivity contribution in [2.75, 3.05) is 13.1 Å². The number of halogens is 2. The van der Waals surface area contributed by atoms with Crippen molar-refractivity contribution in [1.82, 2.24) is 4.90 Å². The van der Waals surface area contributed by atoms with Gasteiger partial charge in [0.25, 0.3) is 0 Å². The van der Waals surface area contributed by atoms with Crippen LogP contribution in [0.1, 0.15) is 25.3 Å². The summed E-state index contributed by atoms with van der Waals surface area (Å²) in [6.45, 7) is 4.28. The van der Waals surface area contributed by atoms with E-state index in [1.165, 1.54) is 12.1 Å². The van der Waals surface area contributed by atoms with E-state index in [1.807, 2.05) is 6.92 Å². The predicted molar refractivity (Wildman–Crippen MR) is 66.5 cm³/mol. The lowest BCUT2D eigenvalue weighted by molar-refractivity contribution is -0.00729. The Morgan fingerprint density at radius 3 is 2.65 bits per heavy atom. The second-order valence-electron chi connectivity index (χ2n) is 5.01. The molecule has 0 radical (unpaired) electrons. The number of piperidine rings is 1. The molecular weight excluding hydrogens is 241 g/mol. The van der Waals surface area contributed by atoms with Crippen LogP contribution in [0, 0.1) is 5.82 Å². The summed E-state index contributed by atoms with van der Waals surface area (Å²) in [4.78, 5) is 2.23. The molecule has 4 heteroatoms. The van der Waals surface area contributed by atoms with Gasteiger partial charge < -0.3 is 5.11 Å². The Morgan fingerprint density at radius 1 is 1.41 bits per heavy atom. The van der Waals surface area contributed by atoms with E-state index in [0.29, 0.717) is 5.02 Å². The molecule has 1 aromatic carbocycles. The third-order valence-electron chi connectivity index (χ3n) is 3.34. The van der Waals surface area contributed by atoms with E-state index in [-0.39, 0.29) is 5.82 Å². The monoisotopic (exact) mass is 257 g/mol. The van der Waals surface area contributed by atoms with E-state index in [9.17, 15) is 9.50 Å². The summed E-state index contributed by atoms with van der Waals surface area (Å²) < 4.78 is 12.9. The van der Waals surface area contributed by atoms with Crippen LogP contribution in [0.25, 0.3) is 0 Å². The van der Waals surface area contributed by atoms with Crippen LogP contribution in [-0.2, 0) is 6.54 Å². The average Bonchev–Trinajstić information content (AvgIpc) is 2.25. The summed E-state index contributed by atoms with van der Waals surface area (Å²) >= 11 is 5.99. The molecule has 0 bridgehead atoms. The highest BCUT2D eigenvalue weighted by molar-refractivity contribution is 6.31. The number of nitrogens with zero attached hydrogens (tertiary/aromatic N) is 1. The van der Waals surface area contributed by atoms with Gasteiger partial charge in [-0.1, -0.05) is 17.7 Å². The number of hydrogen-bond donors (Lipinski definition) is 1. The van der Waals surface area contributed by atoms with Crippen molar-refractivity contribution in [2.45, 2.75) is 31.9 Å². The van der Waals surface area contributed by atoms with E-state index in [0.717, 1.165) is 38.0 Å². The highest BCUT2D eigenvalue weighted by atomic mass is 35.5. The van der Waals surface area contributed by atoms with Crippen LogP contribution < -0.4 is 0 Å². The van der Waals surface area contributed by atoms with E-state index < -0.39 is 5.60 Å². The van der Waals surface area contributed by atoms with Gasteiger partial charge in [0.1, 0.15) is 5.82 Å². The fraction of sp³-hybridized carbons (Fsp3) is 0.538. The summed E-state index contributed by atoms with van der Waals surface area (Å²) in [6.07, 6.45) is 1.54. The number of rotatable bonds is 2. The van der Waals surface area contributed by atoms with E-state index >= 15 is 0 Å². The predicted octanol–water partition coefficient (Wildman–Crippen LogP) is 2.83. The van der Waals surface area contributed by atoms with Gasteiger partial charge in [-0.15, -0.1) is 0 Å². The molecule has 2 nitrogen and oxygen atoms in total. The van der Waals surface area contributed by atoms with E-state index in [4.69, 9.17) is 11.6 Å². The van der Waals surface area contributed by atoms with Crippen molar-refractivity contribution in [2.24, 2.45) is 0 Å². The molecular formula is C13H17ClFNO. The third-order valence-corrected chi connectivity index (χ3v) is 3.69. The van der Waals surface area contributed by atoms with E-state index in [1.54, 1.807) is 6.07 Å². The smallest absolute Gasteiger partial charge is 0.124 e. The average molecular weight is 258 g/mol. The van der Waals surface area contributed by atoms with Crippen LogP contribution in [0.15, 0.2) is 18.2 Å². The first kappa shape index (κ1) is 12.8. The Bertz CT molecular complexity index is 398. The van der Waals surface area contributed by atoms with Crippen molar-refractivity contribution in [1.29, 1.82) is 0 Å². The first-order chi connectivity index (χ1) is 7.96. The Hall–Kier alpha value is -0.640. The molecule has 0 aromatic heterocycles. The van der Waals surface area contributed by atoms with Crippen LogP contribution in [0.5, 0.6) is 0 Å². The first-order valence-corrected chi connectivity index (χ1v) is 6.23. The molecule has 1 saturated heterocycles. The first-order valence-electron chi connectivity index (χ1n) is 5.85. The molecule has 1 N–H and O–H groups in total. The standard InChI is InChI=1S/C13H17ClFNO/c1-13(17)4-6-16(7-5-13)9-10-2-3-11(15)8-12(10)14/h2-3,8,17H,4-7,9H2,1H3. The SMILES string of the molecule is CC1(O)CCN(Cc2ccc(F)cc2Cl)CC1. The molecule has 2 rings (SSSR count). The molecule has 0 saturated carbocycles. The van der Waals surface area contributed by atoms with Crippen LogP contribution in [-0.4, -0.2) is 28.7 Å². The molecule has 0 aliphatic carbocycles. The van der Waals surface area contributed by atoms with Gasteiger partial charge in [0, 0.05) is 24.7 Å². The molecule has 0 unspecified atom stereocenters. The zero-order valence-corrected chi connectivity index (χ0v) is 10.7. The maximum Gasteiger partial charge on any atom is 0.124 e. The second-order valence-corrected chi connectivity index (χ2v) is 5.42. The van der Waals surface area contributed by atoms with Crippen LogP contribution >= 0.6 is 11.6 Å². The quantitative estimate of drug-likeness (QED) is 0.881. The zero-order valence-electron chi connectivity index (χ0n) is 9.92. The second kappa shape index (κ2) is 4.92. The Balaban J connectivity index is 1.98. The molecule has 1 fully saturated rings. The number of likely N-dealkylation sites (tertiary alicyclic amines) is 1. The van der Waals surface area contributed by atoms with E-state index in [2.05, 4.69) is 4.90 Å². The highest BCUT2D eigenvalue weighted by Gasteiger charge is 2.27. The molecule has 0 spiro atoms. The maximum atomic E-state index is 12.9. The summed E-state index contributed by atoms with van der Waals surface area (Å²) in [5.74, 6) is -0.305. The van der Waals surface area contributed by atoms with Gasteiger partial charge >= 0.3 is 0 Å². The number of aliphatic hydroxyl groups is 1. The molecule has 94 valence electrons. The zero-order chi connectivity index (χ0) is 12.5. The van der Waals surface area contributed by atoms with Gasteiger partial charge in [-0.25, -0.2) is 4.39 Å². The van der Waals surface area contributed by atoms with Crippen molar-refractivity contribution in [3.8, 4) is 0 Å². The van der Waals surface area contributed by atoms with Crippen LogP contribution in [0.4, 0.5) is 4.39 Å². The molecule has 0 amide bonds. The largest absolute Gasteiger partial charge is 0.390 e. The lowest BCUT2D eigenvalue weighted by Gasteiger charge is -2.35. The maximum absolute atomic E-state index is 12.9. The molecule has 1 aliphatic heterocycles. The number of benzene rings is 1. The van der Waals surface area contributed by atoms with Crippen LogP contribution in [0.3, 0.4) is 0 Å². The van der Waals surface area contributed by atoms with Gasteiger partial charge in [-0.2, -0.15) is 0 Å². The summed E-state index contributed by atoms with van der Waals surface area (Å²) in [7, 11) is 0. The van der Waals surface area contributed by atoms with Crippen molar-refractivity contribution >= 4 is 11.6 Å². The molecule has 17 heavy (non-hydrogen) atoms. The van der Waals surface area contributed by atoms with Crippen LogP contribution in [0.2, 0.25) is 5.02 Å². The molecule has 0 atom stereocenters. The minimum atomic E-state index is -0.539. The topological polar surface area (TPSA) is 23.5 Å². The van der Waals surface area contributed by atoms with Gasteiger partial charge in [-0.05, 0) is 37.5 Å². The van der Waals surface area contributed by atoms with Crippen molar-refractivity contribution < 1.29 is 9.50 Å². The minimum absolute atomic E-state index is 0.305. The fourth-order valence-electron chi connectivity index (χ4n) is 2.08. The summed E-state index contributed by atoms with van der Waals surface area (Å²) in [6, 6.07) is 4.50. The normalized spacial score (nSPS) is 20.5. The third kappa shape index (κ3) is 3.41. The highest BCUT2D eigenvalue weighted by Crippen LogP contribution is 2.24. The van der Waals surface area contributed by atoms with Crippen molar-refractivity contribution in [3.63, 3.8) is 0 Å². The summed E-state index contributed by atoms with van der Waals surface area (Å²) in [5, 5.41) is 10.3. The molecule has 1 heterocycles. The number of hydrogen-bond acceptors (Lipinski definition) is 2. The van der Waals surface area contributed by atoms with Gasteiger partial charge in [0.2, 0.25) is 0 Å². The lowest BCUT2D eigenvalue weighted by atomic mass is 9.93.